The lowest BCUT2D eigenvalue weighted by Crippen LogP contribution is -2.49. The lowest BCUT2D eigenvalue weighted by Gasteiger charge is -2.54. The molecule has 15 fully saturated rings. The molecule has 10 nitrogen and oxygen atoms in total. The van der Waals surface area contributed by atoms with E-state index in [1.54, 1.807) is 33.4 Å². The Morgan fingerprint density at radius 3 is 0.939 bits per heavy atom. The number of Topliss-reactive ketones (excluding diaryl/α,β-unsaturated/α-hetero) is 1. The number of piperidine rings is 2. The largest absolute Gasteiger partial charge is 0.390 e. The highest BCUT2D eigenvalue weighted by Gasteiger charge is 2.62. The van der Waals surface area contributed by atoms with Crippen LogP contribution in [0.4, 0.5) is 0 Å². The van der Waals surface area contributed by atoms with Gasteiger partial charge in [-0.1, -0.05) is 124 Å². The molecule has 12 saturated carbocycles. The van der Waals surface area contributed by atoms with Crippen LogP contribution in [0.5, 0.6) is 0 Å². The molecule has 1 aromatic heterocycles. The van der Waals surface area contributed by atoms with Crippen LogP contribution in [0, 0.1) is 140 Å². The van der Waals surface area contributed by atoms with Gasteiger partial charge in [0, 0.05) is 37.9 Å². The molecule has 4 heterocycles. The van der Waals surface area contributed by atoms with Gasteiger partial charge in [-0.15, -0.1) is 0 Å². The van der Waals surface area contributed by atoms with Crippen molar-refractivity contribution in [1.82, 2.24) is 24.3 Å². The van der Waals surface area contributed by atoms with Gasteiger partial charge in [0.1, 0.15) is 5.78 Å². The number of carbonyl (C=O) groups excluding carboxylic acids is 1. The number of allylic oxidation sites excluding steroid dienone is 5. The maximum absolute atomic E-state index is 13.4. The maximum atomic E-state index is 13.4. The first-order valence-electron chi connectivity index (χ1n) is 48.8. The molecule has 0 spiro atoms. The Morgan fingerprint density at radius 2 is 0.632 bits per heavy atom. The Hall–Kier alpha value is -3.22. The number of hydrogen-bond donors (Lipinski definition) is 4. The van der Waals surface area contributed by atoms with Crippen molar-refractivity contribution in [2.45, 2.75) is 341 Å². The third kappa shape index (κ3) is 16.3. The van der Waals surface area contributed by atoms with Crippen LogP contribution < -0.4 is 0 Å². The van der Waals surface area contributed by atoms with Gasteiger partial charge in [-0.3, -0.25) is 19.5 Å². The van der Waals surface area contributed by atoms with Crippen molar-refractivity contribution in [1.29, 1.82) is 0 Å². The summed E-state index contributed by atoms with van der Waals surface area (Å²) in [4.78, 5) is 25.3. The van der Waals surface area contributed by atoms with E-state index in [-0.39, 0.29) is 5.41 Å². The van der Waals surface area contributed by atoms with Crippen LogP contribution in [0.2, 0.25) is 0 Å². The number of rotatable bonds is 12. The van der Waals surface area contributed by atoms with Gasteiger partial charge in [-0.05, 0) is 445 Å². The molecule has 4 N–H and O–H groups in total. The van der Waals surface area contributed by atoms with Gasteiger partial charge in [0.25, 0.3) is 0 Å². The number of aliphatic hydroxyl groups is 4. The first kappa shape index (κ1) is 83.1. The second-order valence-corrected chi connectivity index (χ2v) is 46.1. The molecule has 16 aliphatic carbocycles. The van der Waals surface area contributed by atoms with Crippen LogP contribution in [0.25, 0.3) is 0 Å². The molecular weight excluding hydrogens is 1400 g/mol. The Balaban J connectivity index is 0.000000110. The molecule has 10 heteroatoms. The fourth-order valence-corrected chi connectivity index (χ4v) is 33.4. The summed E-state index contributed by atoms with van der Waals surface area (Å²) in [5, 5.41) is 42.2. The molecule has 20 rings (SSSR count). The van der Waals surface area contributed by atoms with Crippen molar-refractivity contribution in [2.24, 2.45) is 140 Å². The molecule has 0 unspecified atom stereocenters. The highest BCUT2D eigenvalue weighted by Crippen LogP contribution is 2.70. The van der Waals surface area contributed by atoms with Crippen molar-refractivity contribution in [2.75, 3.05) is 58.9 Å². The zero-order chi connectivity index (χ0) is 79.5. The van der Waals surface area contributed by atoms with Gasteiger partial charge in [0.2, 0.25) is 0 Å². The fraction of sp³-hybridized carbons (Fsp3) is 0.827. The summed E-state index contributed by atoms with van der Waals surface area (Å²) >= 11 is 0. The summed E-state index contributed by atoms with van der Waals surface area (Å²) in [6.45, 7) is 43.7. The van der Waals surface area contributed by atoms with Crippen molar-refractivity contribution >= 4 is 5.78 Å². The predicted molar refractivity (Wildman–Crippen MR) is 466 cm³/mol. The lowest BCUT2D eigenvalue weighted by molar-refractivity contribution is -0.130. The Labute approximate surface area is 693 Å². The summed E-state index contributed by atoms with van der Waals surface area (Å²) in [6, 6.07) is 0. The average molecular weight is 1560 g/mol. The van der Waals surface area contributed by atoms with Crippen LogP contribution >= 0.6 is 0 Å². The summed E-state index contributed by atoms with van der Waals surface area (Å²) in [7, 11) is 0. The normalized spacial score (nSPS) is 47.2. The Morgan fingerprint density at radius 1 is 0.351 bits per heavy atom. The van der Waals surface area contributed by atoms with E-state index < -0.39 is 22.4 Å². The summed E-state index contributed by atoms with van der Waals surface area (Å²) < 4.78 is 2.17. The standard InChI is InChI=1S/C27H43NO.C26H41NO2.C26H41NO.C25H36N2O/c1-19(18-28-15-5-4-6-16-28)24-9-10-25-23-8-7-20-17-26(2,29)13-11-21(20)22(23)12-14-27(24,25)3;1-25(29)12-10-19-18(16-25)6-7-21-20(19)11-13-26(2)22(21)8-9-23(26)24(28)17-27-14-4-3-5-15-27;1-18(17-27-14-4-5-15-27)23-8-9-24-22-7-6-19-16-25(2,28)12-10-20(19)21(22)11-13-26(23,24)3;1-17(15-27-13-12-26-16-27)22-6-7-23-21-5-4-18-14-24(2,28)10-8-19(18)20(21)9-11-25(22,23)3/h7,21-25,29H,1,4-6,8-18H2,2-3H3;6,19-23,29H,3-5,7-17H2,1-2H3;6,20-24,28H,1,4-5,7-17H2,2-3H3;4,12-13,16,19-23,28H,1,5-11,14-15H2,2-3H3/t21-,22+,23+,24+,25-,26+,27+;19-,20+,21+,22-,23+,25+,26-;20-,21+,22+,23+,24-,25+,26+;19-,20+,21+,22+,23-,24+,25+/m0000/s1. The van der Waals surface area contributed by atoms with Gasteiger partial charge in [-0.2, -0.15) is 0 Å². The molecule has 1 aromatic rings. The maximum Gasteiger partial charge on any atom is 0.150 e. The van der Waals surface area contributed by atoms with Gasteiger partial charge < -0.3 is 25.0 Å². The second-order valence-electron chi connectivity index (χ2n) is 46.1. The van der Waals surface area contributed by atoms with E-state index >= 15 is 0 Å². The smallest absolute Gasteiger partial charge is 0.150 e. The third-order valence-electron chi connectivity index (χ3n) is 39.0. The van der Waals surface area contributed by atoms with E-state index in [2.05, 4.69) is 102 Å². The SMILES string of the molecule is C=C(CN1CCCC1)[C@H]1CC[C@H]2[C@@H]3CC=C4C[C@](C)(O)CC[C@@H]4[C@H]3CC[C@]12C.C=C(CN1CCCCC1)[C@H]1CC[C@H]2[C@@H]3CC=C4C[C@](C)(O)CC[C@@H]4[C@H]3CC[C@]12C.C=C(Cn1ccnc1)[C@H]1CC[C@H]2[C@@H]3CC=C4C[C@](C)(O)CC[C@@H]4[C@H]3CC[C@]12C.C[C@@]1(O)CC[C@H]2C(=CC[C@@H]3[C@@H]2CC[C@]2(C)[C@@H](C(=O)CN4CCCCC4)CC[C@@H]32)C1. The van der Waals surface area contributed by atoms with Crippen molar-refractivity contribution in [3.05, 3.63) is 102 Å². The molecule has 0 amide bonds. The molecule has 0 bridgehead atoms. The van der Waals surface area contributed by atoms with Gasteiger partial charge in [0.15, 0.2) is 0 Å². The minimum Gasteiger partial charge on any atom is -0.390 e. The van der Waals surface area contributed by atoms with Crippen LogP contribution in [0.1, 0.15) is 312 Å². The lowest BCUT2D eigenvalue weighted by atomic mass is 9.51. The molecule has 19 aliphatic rings. The van der Waals surface area contributed by atoms with Crippen molar-refractivity contribution in [3.63, 3.8) is 0 Å². The first-order chi connectivity index (χ1) is 54.5. The van der Waals surface area contributed by atoms with E-state index in [0.29, 0.717) is 46.3 Å². The van der Waals surface area contributed by atoms with E-state index in [4.69, 9.17) is 0 Å². The molecular formula is C104H161N5O5. The second kappa shape index (κ2) is 32.9. The van der Waals surface area contributed by atoms with Gasteiger partial charge in [0.05, 0.1) is 35.3 Å². The van der Waals surface area contributed by atoms with Gasteiger partial charge in [-0.25, -0.2) is 4.98 Å². The van der Waals surface area contributed by atoms with Crippen LogP contribution in [0.15, 0.2) is 102 Å². The first-order valence-corrected chi connectivity index (χ1v) is 48.8. The molecule has 0 radical (unpaired) electrons. The van der Waals surface area contributed by atoms with Crippen molar-refractivity contribution in [3.8, 4) is 0 Å². The number of hydrogen-bond acceptors (Lipinski definition) is 9. The zero-order valence-corrected chi connectivity index (χ0v) is 73.5. The third-order valence-corrected chi connectivity index (χ3v) is 39.0. The molecule has 114 heavy (non-hydrogen) atoms. The number of imidazole rings is 1. The highest BCUT2D eigenvalue weighted by molar-refractivity contribution is 5.84. The van der Waals surface area contributed by atoms with Gasteiger partial charge >= 0.3 is 0 Å². The van der Waals surface area contributed by atoms with Crippen LogP contribution in [-0.2, 0) is 11.3 Å². The zero-order valence-electron chi connectivity index (χ0n) is 73.5. The molecule has 28 atom stereocenters. The quantitative estimate of drug-likeness (QED) is 0.151. The predicted octanol–water partition coefficient (Wildman–Crippen LogP) is 21.9. The summed E-state index contributed by atoms with van der Waals surface area (Å²) in [6.07, 6.45) is 65.8. The van der Waals surface area contributed by atoms with Crippen molar-refractivity contribution < 1.29 is 25.2 Å². The number of nitrogens with zero attached hydrogens (tertiary/aromatic N) is 5. The summed E-state index contributed by atoms with van der Waals surface area (Å²) in [5.74, 6) is 16.2. The monoisotopic (exact) mass is 1560 g/mol. The Kier molecular flexibility index (Phi) is 24.0. The number of aromatic nitrogens is 2. The number of likely N-dealkylation sites (tertiary alicyclic amines) is 3. The average Bonchev–Trinajstić information content (AvgIpc) is 1.61. The topological polar surface area (TPSA) is 126 Å². The van der Waals surface area contributed by atoms with E-state index in [1.807, 2.05) is 40.2 Å². The minimum absolute atomic E-state index is 0.236. The number of ketones is 1. The minimum atomic E-state index is -0.488. The van der Waals surface area contributed by atoms with E-state index in [9.17, 15) is 25.2 Å². The van der Waals surface area contributed by atoms with E-state index in [0.717, 1.165) is 191 Å². The van der Waals surface area contributed by atoms with Crippen LogP contribution in [-0.4, -0.2) is 132 Å². The molecule has 3 aliphatic heterocycles. The highest BCUT2D eigenvalue weighted by atomic mass is 16.3. The summed E-state index contributed by atoms with van der Waals surface area (Å²) in [5.41, 5.74) is 10.6. The fourth-order valence-electron chi connectivity index (χ4n) is 33.4. The Bertz CT molecular complexity index is 3620. The number of carbonyl (C=O) groups is 1. The molecule has 632 valence electrons. The van der Waals surface area contributed by atoms with E-state index in [1.165, 1.54) is 231 Å². The van der Waals surface area contributed by atoms with Crippen LogP contribution in [0.3, 0.4) is 0 Å². The molecule has 3 saturated heterocycles. The molecule has 0 aromatic carbocycles. The number of fused-ring (bicyclic) bond motifs is 20.